The van der Waals surface area contributed by atoms with E-state index in [1.165, 1.54) is 50.6 Å². The largest absolute Gasteiger partial charge is 0.393 e. The fourth-order valence-electron chi connectivity index (χ4n) is 10.7. The van der Waals surface area contributed by atoms with E-state index in [0.29, 0.717) is 29.1 Å². The van der Waals surface area contributed by atoms with Crippen molar-refractivity contribution < 1.29 is 9.90 Å². The molecule has 4 aliphatic carbocycles. The highest BCUT2D eigenvalue weighted by atomic mass is 16.3. The molecule has 4 saturated carbocycles. The smallest absolute Gasteiger partial charge is 0.222 e. The predicted octanol–water partition coefficient (Wildman–Crippen LogP) is 6.17. The Bertz CT molecular complexity index is 978. The molecule has 5 aliphatic rings. The molecule has 5 nitrogen and oxygen atoms in total. The van der Waals surface area contributed by atoms with Crippen LogP contribution in [0.3, 0.4) is 0 Å². The third-order valence-corrected chi connectivity index (χ3v) is 12.9. The van der Waals surface area contributed by atoms with Crippen molar-refractivity contribution in [3.05, 3.63) is 24.5 Å². The van der Waals surface area contributed by atoms with Gasteiger partial charge in [0.05, 0.1) is 6.10 Å². The van der Waals surface area contributed by atoms with Crippen LogP contribution in [0.15, 0.2) is 24.5 Å². The number of hydrogen-bond acceptors (Lipinski definition) is 4. The molecule has 0 radical (unpaired) electrons. The van der Waals surface area contributed by atoms with E-state index in [0.717, 1.165) is 75.0 Å². The van der Waals surface area contributed by atoms with Crippen LogP contribution in [0, 0.1) is 46.3 Å². The van der Waals surface area contributed by atoms with Gasteiger partial charge in [0.1, 0.15) is 0 Å². The third-order valence-electron chi connectivity index (χ3n) is 12.9. The molecule has 1 unspecified atom stereocenters. The van der Waals surface area contributed by atoms with E-state index >= 15 is 0 Å². The minimum atomic E-state index is -0.0526. The van der Waals surface area contributed by atoms with Gasteiger partial charge < -0.3 is 14.9 Å². The van der Waals surface area contributed by atoms with Gasteiger partial charge in [-0.3, -0.25) is 9.78 Å². The maximum Gasteiger partial charge on any atom is 0.222 e. The second-order valence-electron chi connectivity index (χ2n) is 14.4. The van der Waals surface area contributed by atoms with Crippen molar-refractivity contribution in [2.24, 2.45) is 46.3 Å². The topological polar surface area (TPSA) is 56.7 Å². The highest BCUT2D eigenvalue weighted by Crippen LogP contribution is 2.68. The molecule has 0 aromatic carbocycles. The lowest BCUT2D eigenvalue weighted by Gasteiger charge is -2.61. The maximum atomic E-state index is 13.2. The van der Waals surface area contributed by atoms with Gasteiger partial charge in [0.2, 0.25) is 5.91 Å². The molecule has 1 aromatic heterocycles. The molecular formula is C33H51N3O2. The number of rotatable bonds is 5. The molecule has 1 amide bonds. The van der Waals surface area contributed by atoms with Crippen LogP contribution in [-0.2, 0) is 4.79 Å². The van der Waals surface area contributed by atoms with Gasteiger partial charge in [-0.2, -0.15) is 0 Å². The van der Waals surface area contributed by atoms with Gasteiger partial charge in [-0.1, -0.05) is 20.8 Å². The number of nitrogens with zero attached hydrogens (tertiary/aromatic N) is 3. The number of carbonyl (C=O) groups excluding carboxylic acids is 1. The van der Waals surface area contributed by atoms with Gasteiger partial charge in [-0.25, -0.2) is 0 Å². The molecule has 6 rings (SSSR count). The standard InChI is InChI=1S/C33H51N3O2/c1-23(4-9-31(38)36-20-18-35(19-21-36)25-12-16-34-17-13-25)28-7-8-29-27-6-5-24-22-26(37)10-14-32(24,2)30(27)11-15-33(28,29)3/h12-13,16-17,23-24,26-30,37H,4-11,14-15,18-22H2,1-3H3/t23?,24-,26-,27-,28+,29-,30-,32-,33+/m0/s1. The summed E-state index contributed by atoms with van der Waals surface area (Å²) in [5.41, 5.74) is 2.13. The molecule has 210 valence electrons. The van der Waals surface area contributed by atoms with E-state index in [4.69, 9.17) is 0 Å². The zero-order valence-corrected chi connectivity index (χ0v) is 24.2. The van der Waals surface area contributed by atoms with E-state index in [-0.39, 0.29) is 6.10 Å². The lowest BCUT2D eigenvalue weighted by Crippen LogP contribution is -2.54. The molecule has 38 heavy (non-hydrogen) atoms. The molecular weight excluding hydrogens is 470 g/mol. The molecule has 1 saturated heterocycles. The van der Waals surface area contributed by atoms with Crippen molar-refractivity contribution in [2.45, 2.75) is 97.5 Å². The number of hydrogen-bond donors (Lipinski definition) is 1. The Labute approximate surface area is 230 Å². The number of amides is 1. The van der Waals surface area contributed by atoms with Gasteiger partial charge >= 0.3 is 0 Å². The van der Waals surface area contributed by atoms with Gasteiger partial charge in [-0.05, 0) is 123 Å². The number of carbonyl (C=O) groups is 1. The summed E-state index contributed by atoms with van der Waals surface area (Å²) in [6.45, 7) is 11.2. The first-order chi connectivity index (χ1) is 18.3. The van der Waals surface area contributed by atoms with Crippen LogP contribution in [0.4, 0.5) is 5.69 Å². The van der Waals surface area contributed by atoms with E-state index in [1.54, 1.807) is 0 Å². The van der Waals surface area contributed by atoms with Crippen molar-refractivity contribution >= 4 is 11.6 Å². The van der Waals surface area contributed by atoms with Crippen LogP contribution >= 0.6 is 0 Å². The summed E-state index contributed by atoms with van der Waals surface area (Å²) in [6, 6.07) is 4.13. The Hall–Kier alpha value is -1.62. The molecule has 2 heterocycles. The fourth-order valence-corrected chi connectivity index (χ4v) is 10.7. The number of anilines is 1. The van der Waals surface area contributed by atoms with Crippen molar-refractivity contribution in [2.75, 3.05) is 31.1 Å². The number of piperazine rings is 1. The van der Waals surface area contributed by atoms with Gasteiger partial charge in [0.15, 0.2) is 0 Å². The molecule has 5 fully saturated rings. The average Bonchev–Trinajstić information content (AvgIpc) is 3.30. The number of aliphatic hydroxyl groups excluding tert-OH is 1. The summed E-state index contributed by atoms with van der Waals surface area (Å²) in [4.78, 5) is 21.8. The summed E-state index contributed by atoms with van der Waals surface area (Å²) >= 11 is 0. The molecule has 1 aromatic rings. The van der Waals surface area contributed by atoms with Crippen molar-refractivity contribution in [1.82, 2.24) is 9.88 Å². The number of fused-ring (bicyclic) bond motifs is 5. The Morgan fingerprint density at radius 2 is 1.68 bits per heavy atom. The molecule has 9 atom stereocenters. The number of aliphatic hydroxyl groups is 1. The fraction of sp³-hybridized carbons (Fsp3) is 0.818. The van der Waals surface area contributed by atoms with E-state index in [9.17, 15) is 9.90 Å². The van der Waals surface area contributed by atoms with Gasteiger partial charge in [0, 0.05) is 50.7 Å². The summed E-state index contributed by atoms with van der Waals surface area (Å²) < 4.78 is 0. The van der Waals surface area contributed by atoms with E-state index in [2.05, 4.69) is 47.7 Å². The Balaban J connectivity index is 1.03. The highest BCUT2D eigenvalue weighted by molar-refractivity contribution is 5.76. The van der Waals surface area contributed by atoms with Crippen molar-refractivity contribution in [3.8, 4) is 0 Å². The first-order valence-electron chi connectivity index (χ1n) is 15.9. The minimum Gasteiger partial charge on any atom is -0.393 e. The monoisotopic (exact) mass is 521 g/mol. The summed E-state index contributed by atoms with van der Waals surface area (Å²) in [5, 5.41) is 10.3. The average molecular weight is 522 g/mol. The normalized spacial score (nSPS) is 41.7. The summed E-state index contributed by atoms with van der Waals surface area (Å²) in [5.74, 6) is 5.12. The van der Waals surface area contributed by atoms with Crippen LogP contribution in [0.5, 0.6) is 0 Å². The Kier molecular flexibility index (Phi) is 7.29. The van der Waals surface area contributed by atoms with Crippen LogP contribution < -0.4 is 4.90 Å². The Morgan fingerprint density at radius 1 is 0.974 bits per heavy atom. The van der Waals surface area contributed by atoms with Crippen LogP contribution in [-0.4, -0.2) is 53.2 Å². The highest BCUT2D eigenvalue weighted by Gasteiger charge is 2.60. The predicted molar refractivity (Wildman–Crippen MR) is 153 cm³/mol. The zero-order chi connectivity index (χ0) is 26.5. The maximum absolute atomic E-state index is 13.2. The third kappa shape index (κ3) is 4.59. The number of aromatic nitrogens is 1. The second-order valence-corrected chi connectivity index (χ2v) is 14.4. The quantitative estimate of drug-likeness (QED) is 0.504. The van der Waals surface area contributed by atoms with Gasteiger partial charge in [-0.15, -0.1) is 0 Å². The van der Waals surface area contributed by atoms with Crippen molar-refractivity contribution in [3.63, 3.8) is 0 Å². The number of pyridine rings is 1. The molecule has 5 heteroatoms. The Morgan fingerprint density at radius 3 is 2.45 bits per heavy atom. The molecule has 0 spiro atoms. The first-order valence-corrected chi connectivity index (χ1v) is 15.9. The van der Waals surface area contributed by atoms with Crippen LogP contribution in [0.25, 0.3) is 0 Å². The van der Waals surface area contributed by atoms with E-state index < -0.39 is 0 Å². The molecule has 0 bridgehead atoms. The van der Waals surface area contributed by atoms with Crippen molar-refractivity contribution in [1.29, 1.82) is 0 Å². The minimum absolute atomic E-state index is 0.0526. The van der Waals surface area contributed by atoms with Crippen LogP contribution in [0.1, 0.15) is 91.4 Å². The van der Waals surface area contributed by atoms with Gasteiger partial charge in [0.25, 0.3) is 0 Å². The van der Waals surface area contributed by atoms with Crippen LogP contribution in [0.2, 0.25) is 0 Å². The van der Waals surface area contributed by atoms with E-state index in [1.807, 2.05) is 12.4 Å². The zero-order valence-electron chi connectivity index (χ0n) is 24.2. The summed E-state index contributed by atoms with van der Waals surface area (Å²) in [6.07, 6.45) is 17.0. The first kappa shape index (κ1) is 26.6. The SMILES string of the molecule is CC(CCC(=O)N1CCN(c2ccncc2)CC1)[C@H]1CC[C@H]2[C@@H]3CC[C@H]4C[C@@H](O)CC[C@]4(C)[C@H]3CC[C@]12C. The lowest BCUT2D eigenvalue weighted by atomic mass is 9.44. The molecule has 1 N–H and O–H groups in total. The summed E-state index contributed by atoms with van der Waals surface area (Å²) in [7, 11) is 0. The second kappa shape index (κ2) is 10.4. The molecule has 1 aliphatic heterocycles. The lowest BCUT2D eigenvalue weighted by molar-refractivity contribution is -0.133.